The van der Waals surface area contributed by atoms with Crippen LogP contribution in [0.2, 0.25) is 0 Å². The SMILES string of the molecule is C=C(NC(C)CC)c1cc(Br)nc(C(=O)NC)c1. The average Bonchev–Trinajstić information content (AvgIpc) is 2.36. The summed E-state index contributed by atoms with van der Waals surface area (Å²) >= 11 is 3.30. The summed E-state index contributed by atoms with van der Waals surface area (Å²) in [5, 5.41) is 5.84. The molecule has 0 aromatic carbocycles. The third-order valence-corrected chi connectivity index (χ3v) is 3.04. The molecule has 4 nitrogen and oxygen atoms in total. The maximum atomic E-state index is 11.6. The highest BCUT2D eigenvalue weighted by Crippen LogP contribution is 2.17. The molecule has 0 bridgehead atoms. The Kier molecular flexibility index (Phi) is 5.34. The Morgan fingerprint density at radius 1 is 1.56 bits per heavy atom. The second kappa shape index (κ2) is 6.54. The summed E-state index contributed by atoms with van der Waals surface area (Å²) in [5.74, 6) is -0.214. The molecule has 18 heavy (non-hydrogen) atoms. The maximum absolute atomic E-state index is 11.6. The number of carbonyl (C=O) groups is 1. The maximum Gasteiger partial charge on any atom is 0.269 e. The Hall–Kier alpha value is -1.36. The molecule has 0 aliphatic carbocycles. The molecule has 1 unspecified atom stereocenters. The van der Waals surface area contributed by atoms with Gasteiger partial charge in [0.2, 0.25) is 0 Å². The van der Waals surface area contributed by atoms with Crippen molar-refractivity contribution in [2.24, 2.45) is 0 Å². The number of rotatable bonds is 5. The molecule has 1 atom stereocenters. The number of nitrogens with zero attached hydrogens (tertiary/aromatic N) is 1. The van der Waals surface area contributed by atoms with Crippen molar-refractivity contribution < 1.29 is 4.79 Å². The highest BCUT2D eigenvalue weighted by atomic mass is 79.9. The highest BCUT2D eigenvalue weighted by molar-refractivity contribution is 9.10. The number of aromatic nitrogens is 1. The van der Waals surface area contributed by atoms with E-state index in [-0.39, 0.29) is 5.91 Å². The van der Waals surface area contributed by atoms with E-state index in [4.69, 9.17) is 0 Å². The van der Waals surface area contributed by atoms with Gasteiger partial charge in [-0.25, -0.2) is 4.98 Å². The predicted octanol–water partition coefficient (Wildman–Crippen LogP) is 2.56. The Bertz CT molecular complexity index is 460. The second-order valence-electron chi connectivity index (χ2n) is 4.08. The Morgan fingerprint density at radius 3 is 2.78 bits per heavy atom. The van der Waals surface area contributed by atoms with Crippen molar-refractivity contribution in [1.29, 1.82) is 0 Å². The first-order valence-corrected chi connectivity index (χ1v) is 6.62. The first-order chi connectivity index (χ1) is 8.47. The number of pyridine rings is 1. The molecule has 0 radical (unpaired) electrons. The molecule has 0 saturated carbocycles. The van der Waals surface area contributed by atoms with Gasteiger partial charge < -0.3 is 10.6 Å². The van der Waals surface area contributed by atoms with Crippen molar-refractivity contribution in [3.8, 4) is 0 Å². The van der Waals surface area contributed by atoms with E-state index < -0.39 is 0 Å². The highest BCUT2D eigenvalue weighted by Gasteiger charge is 2.10. The van der Waals surface area contributed by atoms with Gasteiger partial charge in [-0.15, -0.1) is 0 Å². The molecule has 0 aliphatic heterocycles. The number of carbonyl (C=O) groups excluding carboxylic acids is 1. The number of halogens is 1. The van der Waals surface area contributed by atoms with Crippen molar-refractivity contribution in [3.05, 3.63) is 34.6 Å². The lowest BCUT2D eigenvalue weighted by Gasteiger charge is -2.16. The molecule has 1 aromatic rings. The fourth-order valence-electron chi connectivity index (χ4n) is 1.40. The van der Waals surface area contributed by atoms with Crippen molar-refractivity contribution in [2.45, 2.75) is 26.3 Å². The summed E-state index contributed by atoms with van der Waals surface area (Å²) in [7, 11) is 1.58. The molecule has 0 saturated heterocycles. The van der Waals surface area contributed by atoms with Crippen LogP contribution >= 0.6 is 15.9 Å². The third-order valence-electron chi connectivity index (χ3n) is 2.64. The van der Waals surface area contributed by atoms with Crippen LogP contribution in [0.5, 0.6) is 0 Å². The van der Waals surface area contributed by atoms with Gasteiger partial charge in [0.1, 0.15) is 10.3 Å². The zero-order chi connectivity index (χ0) is 13.7. The predicted molar refractivity (Wildman–Crippen MR) is 77.2 cm³/mol. The zero-order valence-corrected chi connectivity index (χ0v) is 12.5. The van der Waals surface area contributed by atoms with Gasteiger partial charge in [-0.2, -0.15) is 0 Å². The number of hydrogen-bond acceptors (Lipinski definition) is 3. The molecule has 1 aromatic heterocycles. The normalized spacial score (nSPS) is 11.8. The number of amides is 1. The molecule has 0 aliphatic rings. The minimum atomic E-state index is -0.214. The molecule has 0 fully saturated rings. The number of hydrogen-bond donors (Lipinski definition) is 2. The van der Waals surface area contributed by atoms with Crippen LogP contribution in [0.4, 0.5) is 0 Å². The van der Waals surface area contributed by atoms with Crippen LogP contribution in [0, 0.1) is 0 Å². The van der Waals surface area contributed by atoms with Crippen LogP contribution in [-0.2, 0) is 0 Å². The van der Waals surface area contributed by atoms with E-state index in [1.807, 2.05) is 6.07 Å². The first kappa shape index (κ1) is 14.7. The second-order valence-corrected chi connectivity index (χ2v) is 4.89. The van der Waals surface area contributed by atoms with Crippen LogP contribution in [0.15, 0.2) is 23.3 Å². The summed E-state index contributed by atoms with van der Waals surface area (Å²) in [6.07, 6.45) is 1.01. The molecular formula is C13H18BrN3O. The fraction of sp³-hybridized carbons (Fsp3) is 0.385. The van der Waals surface area contributed by atoms with Crippen LogP contribution in [0.25, 0.3) is 5.70 Å². The van der Waals surface area contributed by atoms with Crippen molar-refractivity contribution in [3.63, 3.8) is 0 Å². The van der Waals surface area contributed by atoms with Gasteiger partial charge in [0.05, 0.1) is 0 Å². The van der Waals surface area contributed by atoms with E-state index in [0.717, 1.165) is 17.7 Å². The van der Waals surface area contributed by atoms with E-state index >= 15 is 0 Å². The first-order valence-electron chi connectivity index (χ1n) is 5.83. The summed E-state index contributed by atoms with van der Waals surface area (Å²) in [4.78, 5) is 15.7. The van der Waals surface area contributed by atoms with Gasteiger partial charge in [0.25, 0.3) is 5.91 Å². The minimum absolute atomic E-state index is 0.214. The fourth-order valence-corrected chi connectivity index (χ4v) is 1.84. The Morgan fingerprint density at radius 2 is 2.22 bits per heavy atom. The molecule has 98 valence electrons. The van der Waals surface area contributed by atoms with E-state index in [1.54, 1.807) is 13.1 Å². The standard InChI is InChI=1S/C13H18BrN3O/c1-5-8(2)16-9(3)10-6-11(13(18)15-4)17-12(14)7-10/h6-8,16H,3,5H2,1-2,4H3,(H,15,18). The molecule has 5 heteroatoms. The van der Waals surface area contributed by atoms with E-state index in [9.17, 15) is 4.79 Å². The van der Waals surface area contributed by atoms with Gasteiger partial charge in [0, 0.05) is 24.4 Å². The van der Waals surface area contributed by atoms with Crippen LogP contribution in [0.1, 0.15) is 36.3 Å². The average molecular weight is 312 g/mol. The lowest BCUT2D eigenvalue weighted by molar-refractivity contribution is 0.0958. The van der Waals surface area contributed by atoms with Crippen LogP contribution in [0.3, 0.4) is 0 Å². The smallest absolute Gasteiger partial charge is 0.269 e. The molecular weight excluding hydrogens is 294 g/mol. The zero-order valence-electron chi connectivity index (χ0n) is 10.9. The van der Waals surface area contributed by atoms with Gasteiger partial charge in [-0.05, 0) is 41.4 Å². The van der Waals surface area contributed by atoms with Crippen molar-refractivity contribution in [2.75, 3.05) is 7.05 Å². The topological polar surface area (TPSA) is 54.0 Å². The van der Waals surface area contributed by atoms with Gasteiger partial charge in [0.15, 0.2) is 0 Å². The Labute approximate surface area is 116 Å². The molecule has 1 heterocycles. The van der Waals surface area contributed by atoms with E-state index in [1.165, 1.54) is 0 Å². The summed E-state index contributed by atoms with van der Waals surface area (Å²) in [6, 6.07) is 3.90. The minimum Gasteiger partial charge on any atom is -0.383 e. The van der Waals surface area contributed by atoms with Crippen LogP contribution < -0.4 is 10.6 Å². The summed E-state index contributed by atoms with van der Waals surface area (Å²) in [5.41, 5.74) is 2.02. The van der Waals surface area contributed by atoms with E-state index in [0.29, 0.717) is 16.3 Å². The van der Waals surface area contributed by atoms with Crippen LogP contribution in [-0.4, -0.2) is 24.0 Å². The monoisotopic (exact) mass is 311 g/mol. The molecule has 0 spiro atoms. The summed E-state index contributed by atoms with van der Waals surface area (Å²) < 4.78 is 0.616. The third kappa shape index (κ3) is 3.84. The lowest BCUT2D eigenvalue weighted by Crippen LogP contribution is -2.24. The largest absolute Gasteiger partial charge is 0.383 e. The lowest BCUT2D eigenvalue weighted by atomic mass is 10.1. The van der Waals surface area contributed by atoms with Gasteiger partial charge >= 0.3 is 0 Å². The Balaban J connectivity index is 2.99. The van der Waals surface area contributed by atoms with Gasteiger partial charge in [-0.3, -0.25) is 4.79 Å². The van der Waals surface area contributed by atoms with Gasteiger partial charge in [-0.1, -0.05) is 13.5 Å². The van der Waals surface area contributed by atoms with Crippen molar-refractivity contribution >= 4 is 27.5 Å². The molecule has 1 rings (SSSR count). The molecule has 1 amide bonds. The van der Waals surface area contributed by atoms with E-state index in [2.05, 4.69) is 52.0 Å². The summed E-state index contributed by atoms with van der Waals surface area (Å²) in [6.45, 7) is 8.17. The molecule has 2 N–H and O–H groups in total. The quantitative estimate of drug-likeness (QED) is 0.822. The van der Waals surface area contributed by atoms with Crippen molar-refractivity contribution in [1.82, 2.24) is 15.6 Å². The number of nitrogens with one attached hydrogen (secondary N) is 2.